The van der Waals surface area contributed by atoms with Crippen molar-refractivity contribution in [2.75, 3.05) is 0 Å². The first-order valence-electron chi connectivity index (χ1n) is 3.73. The van der Waals surface area contributed by atoms with Gasteiger partial charge in [-0.3, -0.25) is 0 Å². The van der Waals surface area contributed by atoms with Gasteiger partial charge >= 0.3 is 0 Å². The molecular formula is C9H12. The van der Waals surface area contributed by atoms with E-state index < -0.39 is 0 Å². The Hall–Kier alpha value is -0.520. The monoisotopic (exact) mass is 120 g/mol. The van der Waals surface area contributed by atoms with E-state index in [0.717, 1.165) is 11.8 Å². The fourth-order valence-corrected chi connectivity index (χ4v) is 1.99. The van der Waals surface area contributed by atoms with Gasteiger partial charge in [0, 0.05) is 0 Å². The lowest BCUT2D eigenvalue weighted by Crippen LogP contribution is -1.90. The van der Waals surface area contributed by atoms with Crippen molar-refractivity contribution < 1.29 is 0 Å². The van der Waals surface area contributed by atoms with Crippen LogP contribution in [-0.2, 0) is 0 Å². The molecule has 2 aliphatic rings. The van der Waals surface area contributed by atoms with E-state index >= 15 is 0 Å². The molecule has 1 saturated carbocycles. The Morgan fingerprint density at radius 2 is 2.44 bits per heavy atom. The molecule has 0 aromatic heterocycles. The molecule has 0 aliphatic heterocycles. The van der Waals surface area contributed by atoms with Crippen molar-refractivity contribution in [2.24, 2.45) is 11.8 Å². The van der Waals surface area contributed by atoms with E-state index in [4.69, 9.17) is 0 Å². The minimum Gasteiger partial charge on any atom is -0.0878 e. The number of allylic oxidation sites excluding steroid dienone is 4. The van der Waals surface area contributed by atoms with E-state index in [1.807, 2.05) is 0 Å². The first-order chi connectivity index (χ1) is 4.40. The summed E-state index contributed by atoms with van der Waals surface area (Å²) in [6.07, 6.45) is 9.77. The van der Waals surface area contributed by atoms with Gasteiger partial charge in [0.2, 0.25) is 0 Å². The molecule has 2 aliphatic carbocycles. The van der Waals surface area contributed by atoms with Crippen molar-refractivity contribution in [3.05, 3.63) is 23.8 Å². The van der Waals surface area contributed by atoms with Crippen LogP contribution in [0.15, 0.2) is 23.8 Å². The third-order valence-electron chi connectivity index (χ3n) is 2.52. The third kappa shape index (κ3) is 0.658. The number of fused-ring (bicyclic) bond motifs is 2. The van der Waals surface area contributed by atoms with E-state index in [-0.39, 0.29) is 0 Å². The van der Waals surface area contributed by atoms with Crippen molar-refractivity contribution >= 4 is 0 Å². The average Bonchev–Trinajstić information content (AvgIpc) is 2.45. The van der Waals surface area contributed by atoms with Crippen molar-refractivity contribution in [3.63, 3.8) is 0 Å². The highest BCUT2D eigenvalue weighted by Crippen LogP contribution is 2.42. The molecular weight excluding hydrogens is 108 g/mol. The summed E-state index contributed by atoms with van der Waals surface area (Å²) in [5.41, 5.74) is 1.67. The SMILES string of the molecule is C/C=C1\C[C@H]2C=C[C@@H]1C2. The van der Waals surface area contributed by atoms with E-state index in [1.54, 1.807) is 5.57 Å². The van der Waals surface area contributed by atoms with Crippen LogP contribution in [0.4, 0.5) is 0 Å². The van der Waals surface area contributed by atoms with Gasteiger partial charge in [-0.25, -0.2) is 0 Å². The van der Waals surface area contributed by atoms with E-state index in [0.29, 0.717) is 0 Å². The number of hydrogen-bond donors (Lipinski definition) is 0. The van der Waals surface area contributed by atoms with Gasteiger partial charge in [-0.1, -0.05) is 23.8 Å². The molecule has 1 fully saturated rings. The lowest BCUT2D eigenvalue weighted by atomic mass is 10.0. The Labute approximate surface area is 56.3 Å². The van der Waals surface area contributed by atoms with Gasteiger partial charge in [0.05, 0.1) is 0 Å². The second-order valence-electron chi connectivity index (χ2n) is 3.05. The largest absolute Gasteiger partial charge is 0.0878 e. The summed E-state index contributed by atoms with van der Waals surface area (Å²) in [6.45, 7) is 2.16. The Bertz CT molecular complexity index is 174. The molecule has 2 atom stereocenters. The second kappa shape index (κ2) is 1.73. The summed E-state index contributed by atoms with van der Waals surface area (Å²) in [7, 11) is 0. The maximum atomic E-state index is 2.37. The molecule has 0 radical (unpaired) electrons. The van der Waals surface area contributed by atoms with Gasteiger partial charge in [-0.05, 0) is 31.6 Å². The third-order valence-corrected chi connectivity index (χ3v) is 2.52. The zero-order chi connectivity index (χ0) is 6.27. The summed E-state index contributed by atoms with van der Waals surface area (Å²) in [4.78, 5) is 0. The zero-order valence-corrected chi connectivity index (χ0v) is 5.80. The fourth-order valence-electron chi connectivity index (χ4n) is 1.99. The summed E-state index contributed by atoms with van der Waals surface area (Å²) < 4.78 is 0. The van der Waals surface area contributed by atoms with Crippen LogP contribution in [0.25, 0.3) is 0 Å². The molecule has 0 spiro atoms. The second-order valence-corrected chi connectivity index (χ2v) is 3.05. The molecule has 9 heavy (non-hydrogen) atoms. The van der Waals surface area contributed by atoms with Gasteiger partial charge in [0.1, 0.15) is 0 Å². The van der Waals surface area contributed by atoms with Crippen LogP contribution in [0.2, 0.25) is 0 Å². The molecule has 0 amide bonds. The van der Waals surface area contributed by atoms with Crippen molar-refractivity contribution in [2.45, 2.75) is 19.8 Å². The number of hydrogen-bond acceptors (Lipinski definition) is 0. The van der Waals surface area contributed by atoms with Crippen LogP contribution in [-0.4, -0.2) is 0 Å². The molecule has 2 bridgehead atoms. The number of rotatable bonds is 0. The van der Waals surface area contributed by atoms with Gasteiger partial charge in [0.15, 0.2) is 0 Å². The van der Waals surface area contributed by atoms with Crippen LogP contribution >= 0.6 is 0 Å². The predicted molar refractivity (Wildman–Crippen MR) is 39.1 cm³/mol. The van der Waals surface area contributed by atoms with E-state index in [1.165, 1.54) is 12.8 Å². The fraction of sp³-hybridized carbons (Fsp3) is 0.556. The van der Waals surface area contributed by atoms with Crippen molar-refractivity contribution in [1.82, 2.24) is 0 Å². The molecule has 0 heterocycles. The Balaban J connectivity index is 2.29. The van der Waals surface area contributed by atoms with E-state index in [9.17, 15) is 0 Å². The Morgan fingerprint density at radius 1 is 1.56 bits per heavy atom. The van der Waals surface area contributed by atoms with Gasteiger partial charge in [0.25, 0.3) is 0 Å². The molecule has 0 N–H and O–H groups in total. The summed E-state index contributed by atoms with van der Waals surface area (Å²) in [5, 5.41) is 0. The molecule has 0 saturated heterocycles. The standard InChI is InChI=1S/C9H12/c1-2-8-5-7-3-4-9(8)6-7/h2-4,7,9H,5-6H2,1H3/b8-2+/t7-,9-/m1/s1. The predicted octanol–water partition coefficient (Wildman–Crippen LogP) is 2.53. The highest BCUT2D eigenvalue weighted by atomic mass is 14.3. The lowest BCUT2D eigenvalue weighted by Gasteiger charge is -2.05. The first kappa shape index (κ1) is 5.28. The van der Waals surface area contributed by atoms with Gasteiger partial charge in [-0.15, -0.1) is 0 Å². The molecule has 48 valence electrons. The van der Waals surface area contributed by atoms with Crippen molar-refractivity contribution in [1.29, 1.82) is 0 Å². The molecule has 0 aromatic rings. The van der Waals surface area contributed by atoms with Crippen LogP contribution in [0, 0.1) is 11.8 Å². The smallest absolute Gasteiger partial charge is 0.00174 e. The molecule has 0 aromatic carbocycles. The van der Waals surface area contributed by atoms with Gasteiger partial charge in [-0.2, -0.15) is 0 Å². The highest BCUT2D eigenvalue weighted by Gasteiger charge is 2.29. The summed E-state index contributed by atoms with van der Waals surface area (Å²) in [6, 6.07) is 0. The topological polar surface area (TPSA) is 0 Å². The summed E-state index contributed by atoms with van der Waals surface area (Å²) in [5.74, 6) is 1.74. The summed E-state index contributed by atoms with van der Waals surface area (Å²) >= 11 is 0. The van der Waals surface area contributed by atoms with Crippen molar-refractivity contribution in [3.8, 4) is 0 Å². The van der Waals surface area contributed by atoms with Crippen LogP contribution in [0.1, 0.15) is 19.8 Å². The first-order valence-corrected chi connectivity index (χ1v) is 3.73. The maximum Gasteiger partial charge on any atom is -0.00174 e. The minimum absolute atomic E-state index is 0.833. The lowest BCUT2D eigenvalue weighted by molar-refractivity contribution is 0.693. The van der Waals surface area contributed by atoms with Crippen LogP contribution < -0.4 is 0 Å². The van der Waals surface area contributed by atoms with Gasteiger partial charge < -0.3 is 0 Å². The Morgan fingerprint density at radius 3 is 2.78 bits per heavy atom. The maximum absolute atomic E-state index is 2.37. The Kier molecular flexibility index (Phi) is 1.01. The molecule has 0 heteroatoms. The highest BCUT2D eigenvalue weighted by molar-refractivity contribution is 5.26. The molecule has 0 nitrogen and oxygen atoms in total. The average molecular weight is 120 g/mol. The quantitative estimate of drug-likeness (QED) is 0.431. The van der Waals surface area contributed by atoms with Crippen LogP contribution in [0.5, 0.6) is 0 Å². The normalized spacial score (nSPS) is 43.0. The minimum atomic E-state index is 0.833. The zero-order valence-electron chi connectivity index (χ0n) is 5.80. The molecule has 2 rings (SSSR count). The van der Waals surface area contributed by atoms with E-state index in [2.05, 4.69) is 25.2 Å². The van der Waals surface area contributed by atoms with Crippen LogP contribution in [0.3, 0.4) is 0 Å². The molecule has 0 unspecified atom stereocenters.